The Labute approximate surface area is 138 Å². The lowest BCUT2D eigenvalue weighted by atomic mass is 10.0. The number of amides is 2. The molecule has 0 saturated heterocycles. The summed E-state index contributed by atoms with van der Waals surface area (Å²) in [6, 6.07) is 11.7. The highest BCUT2D eigenvalue weighted by Crippen LogP contribution is 2.14. The molecule has 0 heterocycles. The van der Waals surface area contributed by atoms with Crippen molar-refractivity contribution in [3.05, 3.63) is 64.9 Å². The third-order valence-corrected chi connectivity index (χ3v) is 3.41. The van der Waals surface area contributed by atoms with Crippen molar-refractivity contribution in [1.29, 1.82) is 0 Å². The fraction of sp³-hybridized carbons (Fsp3) is 0.176. The highest BCUT2D eigenvalue weighted by atomic mass is 35.5. The summed E-state index contributed by atoms with van der Waals surface area (Å²) in [6.45, 7) is 1.34. The first-order valence-corrected chi connectivity index (χ1v) is 7.40. The van der Waals surface area contributed by atoms with Crippen LogP contribution >= 0.6 is 11.6 Å². The Hall–Kier alpha value is -2.40. The van der Waals surface area contributed by atoms with Crippen molar-refractivity contribution in [3.8, 4) is 0 Å². The predicted octanol–water partition coefficient (Wildman–Crippen LogP) is 3.17. The second kappa shape index (κ2) is 7.74. The lowest BCUT2D eigenvalue weighted by molar-refractivity contribution is -0.125. The smallest absolute Gasteiger partial charge is 0.247 e. The van der Waals surface area contributed by atoms with Gasteiger partial charge in [0.15, 0.2) is 0 Å². The van der Waals surface area contributed by atoms with Gasteiger partial charge in [-0.25, -0.2) is 4.39 Å². The predicted molar refractivity (Wildman–Crippen MR) is 87.8 cm³/mol. The van der Waals surface area contributed by atoms with Gasteiger partial charge in [0, 0.05) is 24.1 Å². The summed E-state index contributed by atoms with van der Waals surface area (Å²) in [4.78, 5) is 23.7. The van der Waals surface area contributed by atoms with E-state index in [2.05, 4.69) is 10.6 Å². The SMILES string of the molecule is CC(=O)NC(Cc1ccc(F)cc1)C(=O)Nc1ccc(Cl)cc1. The van der Waals surface area contributed by atoms with Gasteiger partial charge in [0.25, 0.3) is 0 Å². The Bertz CT molecular complexity index is 687. The highest BCUT2D eigenvalue weighted by Gasteiger charge is 2.20. The number of hydrogen-bond acceptors (Lipinski definition) is 2. The fourth-order valence-corrected chi connectivity index (χ4v) is 2.20. The Balaban J connectivity index is 2.09. The van der Waals surface area contributed by atoms with E-state index in [0.29, 0.717) is 10.7 Å². The third kappa shape index (κ3) is 5.38. The number of rotatable bonds is 5. The minimum absolute atomic E-state index is 0.263. The molecule has 2 rings (SSSR count). The van der Waals surface area contributed by atoms with E-state index >= 15 is 0 Å². The molecule has 0 spiro atoms. The van der Waals surface area contributed by atoms with Crippen LogP contribution in [-0.2, 0) is 16.0 Å². The topological polar surface area (TPSA) is 58.2 Å². The zero-order valence-corrected chi connectivity index (χ0v) is 13.2. The van der Waals surface area contributed by atoms with Crippen LogP contribution in [0.4, 0.5) is 10.1 Å². The van der Waals surface area contributed by atoms with Gasteiger partial charge >= 0.3 is 0 Å². The summed E-state index contributed by atoms with van der Waals surface area (Å²) >= 11 is 5.80. The van der Waals surface area contributed by atoms with E-state index in [1.807, 2.05) is 0 Å². The van der Waals surface area contributed by atoms with Crippen LogP contribution in [-0.4, -0.2) is 17.9 Å². The van der Waals surface area contributed by atoms with E-state index < -0.39 is 6.04 Å². The molecule has 1 unspecified atom stereocenters. The largest absolute Gasteiger partial charge is 0.344 e. The van der Waals surface area contributed by atoms with Gasteiger partial charge in [-0.1, -0.05) is 23.7 Å². The van der Waals surface area contributed by atoms with Crippen molar-refractivity contribution in [2.75, 3.05) is 5.32 Å². The monoisotopic (exact) mass is 334 g/mol. The van der Waals surface area contributed by atoms with E-state index in [4.69, 9.17) is 11.6 Å². The molecule has 2 amide bonds. The molecule has 0 fully saturated rings. The number of benzene rings is 2. The number of nitrogens with one attached hydrogen (secondary N) is 2. The Morgan fingerprint density at radius 1 is 1.09 bits per heavy atom. The van der Waals surface area contributed by atoms with Gasteiger partial charge in [-0.05, 0) is 42.0 Å². The van der Waals surface area contributed by atoms with Crippen LogP contribution in [0.3, 0.4) is 0 Å². The quantitative estimate of drug-likeness (QED) is 0.882. The summed E-state index contributed by atoms with van der Waals surface area (Å²) < 4.78 is 13.0. The molecule has 1 atom stereocenters. The molecule has 0 aliphatic carbocycles. The van der Waals surface area contributed by atoms with Gasteiger partial charge in [-0.3, -0.25) is 9.59 Å². The van der Waals surface area contributed by atoms with Crippen molar-refractivity contribution in [1.82, 2.24) is 5.32 Å². The van der Waals surface area contributed by atoms with E-state index in [1.165, 1.54) is 19.1 Å². The molecular formula is C17H16ClFN2O2. The van der Waals surface area contributed by atoms with Crippen LogP contribution in [0, 0.1) is 5.82 Å². The Morgan fingerprint density at radius 3 is 2.26 bits per heavy atom. The van der Waals surface area contributed by atoms with Crippen LogP contribution in [0.15, 0.2) is 48.5 Å². The van der Waals surface area contributed by atoms with Crippen LogP contribution in [0.5, 0.6) is 0 Å². The first kappa shape index (κ1) is 17.0. The molecule has 2 aromatic rings. The molecule has 0 bridgehead atoms. The van der Waals surface area contributed by atoms with Crippen molar-refractivity contribution in [2.45, 2.75) is 19.4 Å². The van der Waals surface area contributed by atoms with E-state index in [9.17, 15) is 14.0 Å². The average Bonchev–Trinajstić information content (AvgIpc) is 2.50. The maximum Gasteiger partial charge on any atom is 0.247 e. The van der Waals surface area contributed by atoms with Crippen LogP contribution in [0.25, 0.3) is 0 Å². The maximum atomic E-state index is 13.0. The Kier molecular flexibility index (Phi) is 5.71. The van der Waals surface area contributed by atoms with Crippen LogP contribution in [0.1, 0.15) is 12.5 Å². The molecule has 2 aromatic carbocycles. The Morgan fingerprint density at radius 2 is 1.70 bits per heavy atom. The van der Waals surface area contributed by atoms with Crippen LogP contribution < -0.4 is 10.6 Å². The van der Waals surface area contributed by atoms with Crippen molar-refractivity contribution < 1.29 is 14.0 Å². The normalized spacial score (nSPS) is 11.6. The number of anilines is 1. The lowest BCUT2D eigenvalue weighted by Gasteiger charge is -2.18. The second-order valence-corrected chi connectivity index (χ2v) is 5.52. The molecular weight excluding hydrogens is 319 g/mol. The molecule has 0 aliphatic heterocycles. The first-order valence-electron chi connectivity index (χ1n) is 7.02. The minimum atomic E-state index is -0.756. The molecule has 6 heteroatoms. The minimum Gasteiger partial charge on any atom is -0.344 e. The van der Waals surface area contributed by atoms with Gasteiger partial charge < -0.3 is 10.6 Å². The highest BCUT2D eigenvalue weighted by molar-refractivity contribution is 6.30. The fourth-order valence-electron chi connectivity index (χ4n) is 2.07. The zero-order chi connectivity index (χ0) is 16.8. The van der Waals surface area contributed by atoms with Crippen molar-refractivity contribution in [3.63, 3.8) is 0 Å². The first-order chi connectivity index (χ1) is 10.9. The van der Waals surface area contributed by atoms with Gasteiger partial charge in [-0.15, -0.1) is 0 Å². The van der Waals surface area contributed by atoms with Gasteiger partial charge in [0.05, 0.1) is 0 Å². The molecule has 120 valence electrons. The van der Waals surface area contributed by atoms with Gasteiger partial charge in [0.1, 0.15) is 11.9 Å². The summed E-state index contributed by atoms with van der Waals surface area (Å²) in [5.41, 5.74) is 1.32. The van der Waals surface area contributed by atoms with Crippen molar-refractivity contribution >= 4 is 29.1 Å². The summed E-state index contributed by atoms with van der Waals surface area (Å²) in [5, 5.41) is 5.89. The molecule has 0 aromatic heterocycles. The van der Waals surface area contributed by atoms with Gasteiger partial charge in [-0.2, -0.15) is 0 Å². The van der Waals surface area contributed by atoms with Gasteiger partial charge in [0.2, 0.25) is 11.8 Å². The van der Waals surface area contributed by atoms with E-state index in [0.717, 1.165) is 5.56 Å². The van der Waals surface area contributed by atoms with Crippen molar-refractivity contribution in [2.24, 2.45) is 0 Å². The molecule has 0 aliphatic rings. The van der Waals surface area contributed by atoms with E-state index in [-0.39, 0.29) is 24.1 Å². The number of hydrogen-bond donors (Lipinski definition) is 2. The number of carbonyl (C=O) groups is 2. The third-order valence-electron chi connectivity index (χ3n) is 3.16. The van der Waals surface area contributed by atoms with E-state index in [1.54, 1.807) is 36.4 Å². The summed E-state index contributed by atoms with van der Waals surface area (Å²) in [5.74, 6) is -1.02. The zero-order valence-electron chi connectivity index (χ0n) is 12.5. The number of halogens is 2. The molecule has 0 radical (unpaired) electrons. The average molecular weight is 335 g/mol. The molecule has 23 heavy (non-hydrogen) atoms. The summed E-state index contributed by atoms with van der Waals surface area (Å²) in [7, 11) is 0. The lowest BCUT2D eigenvalue weighted by Crippen LogP contribution is -2.44. The number of carbonyl (C=O) groups excluding carboxylic acids is 2. The second-order valence-electron chi connectivity index (χ2n) is 5.08. The standard InChI is InChI=1S/C17H16ClFN2O2/c1-11(22)20-16(10-12-2-6-14(19)7-3-12)17(23)21-15-8-4-13(18)5-9-15/h2-9,16H,10H2,1H3,(H,20,22)(H,21,23). The molecule has 2 N–H and O–H groups in total. The van der Waals surface area contributed by atoms with Crippen LogP contribution in [0.2, 0.25) is 5.02 Å². The molecule has 0 saturated carbocycles. The molecule has 4 nitrogen and oxygen atoms in total. The maximum absolute atomic E-state index is 13.0. The summed E-state index contributed by atoms with van der Waals surface area (Å²) in [6.07, 6.45) is 0.263.